The van der Waals surface area contributed by atoms with E-state index in [1.54, 1.807) is 0 Å². The normalized spacial score (nSPS) is 20.3. The van der Waals surface area contributed by atoms with Crippen LogP contribution >= 0.6 is 0 Å². The number of carboxylic acids is 1. The highest BCUT2D eigenvalue weighted by Gasteiger charge is 2.32. The number of urea groups is 1. The first-order chi connectivity index (χ1) is 12.1. The van der Waals surface area contributed by atoms with Gasteiger partial charge in [0.2, 0.25) is 10.0 Å². The van der Waals surface area contributed by atoms with Gasteiger partial charge >= 0.3 is 12.0 Å². The summed E-state index contributed by atoms with van der Waals surface area (Å²) < 4.78 is 30.3. The van der Waals surface area contributed by atoms with Crippen LogP contribution in [0.25, 0.3) is 0 Å². The number of amides is 2. The number of carboxylic acid groups (broad SMARTS) is 1. The van der Waals surface area contributed by atoms with Gasteiger partial charge in [0.15, 0.2) is 0 Å². The summed E-state index contributed by atoms with van der Waals surface area (Å²) in [7, 11) is -2.04. The van der Waals surface area contributed by atoms with Crippen molar-refractivity contribution in [3.05, 3.63) is 18.2 Å². The predicted molar refractivity (Wildman–Crippen MR) is 97.0 cm³/mol. The molecule has 1 heterocycles. The molecule has 0 radical (unpaired) electrons. The molecule has 0 bridgehead atoms. The Balaban J connectivity index is 2.19. The highest BCUT2D eigenvalue weighted by molar-refractivity contribution is 7.92. The minimum absolute atomic E-state index is 0.0655. The molecular formula is C16H23N3O6S. The van der Waals surface area contributed by atoms with Gasteiger partial charge in [0.1, 0.15) is 5.75 Å². The number of anilines is 2. The number of hydrogen-bond acceptors (Lipinski definition) is 5. The van der Waals surface area contributed by atoms with E-state index in [0.717, 1.165) is 6.26 Å². The molecule has 1 fully saturated rings. The third kappa shape index (κ3) is 5.25. The number of benzene rings is 1. The molecular weight excluding hydrogens is 362 g/mol. The number of hydrogen-bond donors (Lipinski definition) is 3. The van der Waals surface area contributed by atoms with Crippen molar-refractivity contribution in [2.45, 2.75) is 13.3 Å². The lowest BCUT2D eigenvalue weighted by Gasteiger charge is -2.34. The average Bonchev–Trinajstić information content (AvgIpc) is 2.53. The predicted octanol–water partition coefficient (Wildman–Crippen LogP) is 1.64. The number of carbonyl (C=O) groups excluding carboxylic acids is 1. The van der Waals surface area contributed by atoms with E-state index >= 15 is 0 Å². The van der Waals surface area contributed by atoms with Gasteiger partial charge < -0.3 is 20.1 Å². The molecule has 0 aromatic heterocycles. The van der Waals surface area contributed by atoms with Crippen LogP contribution in [-0.4, -0.2) is 56.9 Å². The fourth-order valence-electron chi connectivity index (χ4n) is 2.97. The number of nitrogens with one attached hydrogen (secondary N) is 2. The Bertz CT molecular complexity index is 795. The minimum Gasteiger partial charge on any atom is -0.495 e. The molecule has 0 saturated carbocycles. The van der Waals surface area contributed by atoms with Gasteiger partial charge in [-0.1, -0.05) is 6.92 Å². The van der Waals surface area contributed by atoms with Crippen LogP contribution in [0, 0.1) is 11.8 Å². The first-order valence-electron chi connectivity index (χ1n) is 8.03. The Morgan fingerprint density at radius 2 is 2.00 bits per heavy atom. The third-order valence-corrected chi connectivity index (χ3v) is 4.65. The Morgan fingerprint density at radius 1 is 1.31 bits per heavy atom. The molecule has 1 saturated heterocycles. The number of piperidine rings is 1. The maximum absolute atomic E-state index is 12.6. The summed E-state index contributed by atoms with van der Waals surface area (Å²) in [4.78, 5) is 25.3. The molecule has 26 heavy (non-hydrogen) atoms. The number of ether oxygens (including phenoxy) is 1. The van der Waals surface area contributed by atoms with E-state index < -0.39 is 27.9 Å². The van der Waals surface area contributed by atoms with Gasteiger partial charge in [0, 0.05) is 13.1 Å². The van der Waals surface area contributed by atoms with Gasteiger partial charge in [-0.2, -0.15) is 0 Å². The van der Waals surface area contributed by atoms with Crippen LogP contribution in [0.4, 0.5) is 16.2 Å². The van der Waals surface area contributed by atoms with E-state index in [0.29, 0.717) is 18.7 Å². The van der Waals surface area contributed by atoms with Crippen molar-refractivity contribution in [3.8, 4) is 5.75 Å². The molecule has 1 aromatic rings. The maximum Gasteiger partial charge on any atom is 0.321 e. The van der Waals surface area contributed by atoms with Crippen molar-refractivity contribution < 1.29 is 27.9 Å². The van der Waals surface area contributed by atoms with E-state index in [-0.39, 0.29) is 23.8 Å². The molecule has 144 valence electrons. The first-order valence-corrected chi connectivity index (χ1v) is 9.92. The second-order valence-electron chi connectivity index (χ2n) is 6.50. The number of rotatable bonds is 5. The molecule has 3 N–H and O–H groups in total. The number of sulfonamides is 1. The van der Waals surface area contributed by atoms with Crippen LogP contribution < -0.4 is 14.8 Å². The summed E-state index contributed by atoms with van der Waals surface area (Å²) in [6.07, 6.45) is 1.55. The summed E-state index contributed by atoms with van der Waals surface area (Å²) in [5.41, 5.74) is 0.565. The van der Waals surface area contributed by atoms with E-state index in [9.17, 15) is 23.1 Å². The number of carbonyl (C=O) groups is 2. The van der Waals surface area contributed by atoms with Crippen LogP contribution in [0.5, 0.6) is 5.75 Å². The number of methoxy groups -OCH3 is 1. The molecule has 2 unspecified atom stereocenters. The van der Waals surface area contributed by atoms with E-state index in [2.05, 4.69) is 10.0 Å². The fraction of sp³-hybridized carbons (Fsp3) is 0.500. The highest BCUT2D eigenvalue weighted by atomic mass is 32.2. The Kier molecular flexibility index (Phi) is 5.96. The standard InChI is InChI=1S/C16H23N3O6S/c1-10-6-11(15(20)21)9-19(8-10)16(22)17-13-7-12(18-26(3,23)24)4-5-14(13)25-2/h4-5,7,10-11,18H,6,8-9H2,1-3H3,(H,17,22)(H,20,21). The van der Waals surface area contributed by atoms with Gasteiger partial charge in [-0.3, -0.25) is 9.52 Å². The second-order valence-corrected chi connectivity index (χ2v) is 8.25. The zero-order valence-corrected chi connectivity index (χ0v) is 15.7. The SMILES string of the molecule is COc1ccc(NS(C)(=O)=O)cc1NC(=O)N1CC(C)CC(C(=O)O)C1. The van der Waals surface area contributed by atoms with Crippen molar-refractivity contribution in [1.29, 1.82) is 0 Å². The van der Waals surface area contributed by atoms with Crippen molar-refractivity contribution in [1.82, 2.24) is 4.90 Å². The fourth-order valence-corrected chi connectivity index (χ4v) is 3.53. The van der Waals surface area contributed by atoms with E-state index in [4.69, 9.17) is 4.74 Å². The Morgan fingerprint density at radius 3 is 2.58 bits per heavy atom. The maximum atomic E-state index is 12.6. The molecule has 0 aliphatic carbocycles. The summed E-state index contributed by atoms with van der Waals surface area (Å²) in [6.45, 7) is 2.46. The van der Waals surface area contributed by atoms with Crippen molar-refractivity contribution >= 4 is 33.4 Å². The average molecular weight is 385 g/mol. The molecule has 0 spiro atoms. The van der Waals surface area contributed by atoms with Crippen LogP contribution in [0.15, 0.2) is 18.2 Å². The molecule has 1 aliphatic rings. The number of aliphatic carboxylic acids is 1. The molecule has 10 heteroatoms. The summed E-state index contributed by atoms with van der Waals surface area (Å²) in [5.74, 6) is -1.11. The zero-order valence-electron chi connectivity index (χ0n) is 14.9. The van der Waals surface area contributed by atoms with Gasteiger partial charge in [0.25, 0.3) is 0 Å². The lowest BCUT2D eigenvalue weighted by atomic mass is 9.91. The zero-order chi connectivity index (χ0) is 19.5. The molecule has 2 rings (SSSR count). The smallest absolute Gasteiger partial charge is 0.321 e. The van der Waals surface area contributed by atoms with Gasteiger partial charge in [0.05, 0.1) is 30.7 Å². The van der Waals surface area contributed by atoms with Gasteiger partial charge in [-0.25, -0.2) is 13.2 Å². The lowest BCUT2D eigenvalue weighted by molar-refractivity contribution is -0.143. The first kappa shape index (κ1) is 19.8. The summed E-state index contributed by atoms with van der Waals surface area (Å²) in [6, 6.07) is 4.03. The Hall–Kier alpha value is -2.49. The second kappa shape index (κ2) is 7.81. The third-order valence-electron chi connectivity index (χ3n) is 4.04. The largest absolute Gasteiger partial charge is 0.495 e. The van der Waals surface area contributed by atoms with E-state index in [1.807, 2.05) is 6.92 Å². The number of likely N-dealkylation sites (tertiary alicyclic amines) is 1. The van der Waals surface area contributed by atoms with Crippen LogP contribution in [0.1, 0.15) is 13.3 Å². The van der Waals surface area contributed by atoms with Crippen LogP contribution in [0.2, 0.25) is 0 Å². The number of nitrogens with zero attached hydrogens (tertiary/aromatic N) is 1. The van der Waals surface area contributed by atoms with Crippen molar-refractivity contribution in [2.75, 3.05) is 36.5 Å². The van der Waals surface area contributed by atoms with Crippen molar-refractivity contribution in [2.24, 2.45) is 11.8 Å². The van der Waals surface area contributed by atoms with Gasteiger partial charge in [-0.05, 0) is 30.5 Å². The topological polar surface area (TPSA) is 125 Å². The molecule has 1 aromatic carbocycles. The van der Waals surface area contributed by atoms with Gasteiger partial charge in [-0.15, -0.1) is 0 Å². The lowest BCUT2D eigenvalue weighted by Crippen LogP contribution is -2.47. The molecule has 9 nitrogen and oxygen atoms in total. The molecule has 2 amide bonds. The summed E-state index contributed by atoms with van der Waals surface area (Å²) >= 11 is 0. The monoisotopic (exact) mass is 385 g/mol. The summed E-state index contributed by atoms with van der Waals surface area (Å²) in [5, 5.41) is 11.9. The van der Waals surface area contributed by atoms with Crippen molar-refractivity contribution in [3.63, 3.8) is 0 Å². The Labute approximate surface area is 152 Å². The van der Waals surface area contributed by atoms with Crippen LogP contribution in [-0.2, 0) is 14.8 Å². The quantitative estimate of drug-likeness (QED) is 0.708. The molecule has 2 atom stereocenters. The molecule has 1 aliphatic heterocycles. The minimum atomic E-state index is -3.47. The van der Waals surface area contributed by atoms with Crippen LogP contribution in [0.3, 0.4) is 0 Å². The van der Waals surface area contributed by atoms with E-state index in [1.165, 1.54) is 30.2 Å². The highest BCUT2D eigenvalue weighted by Crippen LogP contribution is 2.29.